The lowest BCUT2D eigenvalue weighted by Gasteiger charge is -2.19. The molecule has 20 heavy (non-hydrogen) atoms. The molecule has 1 atom stereocenters. The molecule has 2 aromatic rings. The topological polar surface area (TPSA) is 25.2 Å². The third-order valence-corrected chi connectivity index (χ3v) is 3.84. The van der Waals surface area contributed by atoms with Crippen molar-refractivity contribution in [1.29, 1.82) is 0 Å². The van der Waals surface area contributed by atoms with E-state index in [1.165, 1.54) is 16.7 Å². The van der Waals surface area contributed by atoms with Crippen LogP contribution in [0.3, 0.4) is 0 Å². The van der Waals surface area contributed by atoms with Gasteiger partial charge in [0.25, 0.3) is 0 Å². The van der Waals surface area contributed by atoms with E-state index in [-0.39, 0.29) is 6.04 Å². The Morgan fingerprint density at radius 2 is 1.90 bits per heavy atom. The lowest BCUT2D eigenvalue weighted by atomic mass is 9.97. The molecule has 108 valence electrons. The molecule has 3 heteroatoms. The number of hydrogen-bond donors (Lipinski definition) is 1. The molecule has 1 aromatic carbocycles. The summed E-state index contributed by atoms with van der Waals surface area (Å²) in [6.45, 7) is 9.33. The summed E-state index contributed by atoms with van der Waals surface area (Å²) in [7, 11) is 0. The third kappa shape index (κ3) is 3.53. The molecule has 1 unspecified atom stereocenters. The molecule has 0 saturated carbocycles. The molecule has 0 spiro atoms. The normalized spacial score (nSPS) is 12.7. The Bertz CT molecular complexity index is 568. The van der Waals surface area contributed by atoms with E-state index in [4.69, 9.17) is 4.42 Å². The number of aryl methyl sites for hydroxylation is 3. The van der Waals surface area contributed by atoms with E-state index < -0.39 is 0 Å². The minimum Gasteiger partial charge on any atom is -0.466 e. The van der Waals surface area contributed by atoms with Gasteiger partial charge in [0.05, 0.1) is 6.04 Å². The molecule has 2 rings (SSSR count). The van der Waals surface area contributed by atoms with E-state index in [1.54, 1.807) is 0 Å². The van der Waals surface area contributed by atoms with Crippen LogP contribution in [-0.4, -0.2) is 6.54 Å². The zero-order valence-corrected chi connectivity index (χ0v) is 14.2. The van der Waals surface area contributed by atoms with Crippen molar-refractivity contribution in [3.63, 3.8) is 0 Å². The molecule has 0 amide bonds. The van der Waals surface area contributed by atoms with Crippen molar-refractivity contribution in [3.8, 4) is 0 Å². The van der Waals surface area contributed by atoms with E-state index >= 15 is 0 Å². The molecular weight excluding hydrogens is 314 g/mol. The van der Waals surface area contributed by atoms with Gasteiger partial charge in [-0.1, -0.05) is 28.9 Å². The van der Waals surface area contributed by atoms with Gasteiger partial charge in [0.15, 0.2) is 0 Å². The SMILES string of the molecule is CCCNC(c1cc(C)cc(Br)c1)c1cc(C)oc1C. The van der Waals surface area contributed by atoms with Gasteiger partial charge in [0.2, 0.25) is 0 Å². The largest absolute Gasteiger partial charge is 0.466 e. The van der Waals surface area contributed by atoms with Crippen LogP contribution in [0.4, 0.5) is 0 Å². The maximum atomic E-state index is 5.71. The highest BCUT2D eigenvalue weighted by atomic mass is 79.9. The fourth-order valence-electron chi connectivity index (χ4n) is 2.56. The number of furan rings is 1. The van der Waals surface area contributed by atoms with Crippen LogP contribution in [0.2, 0.25) is 0 Å². The van der Waals surface area contributed by atoms with Crippen LogP contribution in [0.5, 0.6) is 0 Å². The number of halogens is 1. The van der Waals surface area contributed by atoms with Gasteiger partial charge in [-0.05, 0) is 63.1 Å². The lowest BCUT2D eigenvalue weighted by molar-refractivity contribution is 0.493. The summed E-state index contributed by atoms with van der Waals surface area (Å²) in [4.78, 5) is 0. The predicted molar refractivity (Wildman–Crippen MR) is 87.2 cm³/mol. The fraction of sp³-hybridized carbons (Fsp3) is 0.412. The van der Waals surface area contributed by atoms with Gasteiger partial charge in [0.1, 0.15) is 11.5 Å². The Morgan fingerprint density at radius 1 is 1.15 bits per heavy atom. The Balaban J connectivity index is 2.43. The van der Waals surface area contributed by atoms with Crippen molar-refractivity contribution < 1.29 is 4.42 Å². The minimum atomic E-state index is 0.184. The van der Waals surface area contributed by atoms with Crippen molar-refractivity contribution in [2.24, 2.45) is 0 Å². The van der Waals surface area contributed by atoms with Crippen LogP contribution in [-0.2, 0) is 0 Å². The number of nitrogens with one attached hydrogen (secondary N) is 1. The molecule has 0 aliphatic rings. The first kappa shape index (κ1) is 15.3. The van der Waals surface area contributed by atoms with Crippen LogP contribution in [0, 0.1) is 20.8 Å². The first-order valence-electron chi connectivity index (χ1n) is 7.08. The second-order valence-corrected chi connectivity index (χ2v) is 6.23. The molecule has 1 N–H and O–H groups in total. The van der Waals surface area contributed by atoms with Gasteiger partial charge in [-0.25, -0.2) is 0 Å². The molecule has 1 aromatic heterocycles. The molecule has 0 saturated heterocycles. The Morgan fingerprint density at radius 3 is 2.45 bits per heavy atom. The van der Waals surface area contributed by atoms with E-state index in [1.807, 2.05) is 13.8 Å². The summed E-state index contributed by atoms with van der Waals surface area (Å²) in [5.74, 6) is 1.96. The predicted octanol–water partition coefficient (Wildman–Crippen LogP) is 5.06. The number of benzene rings is 1. The highest BCUT2D eigenvalue weighted by molar-refractivity contribution is 9.10. The number of rotatable bonds is 5. The smallest absolute Gasteiger partial charge is 0.106 e. The average molecular weight is 336 g/mol. The minimum absolute atomic E-state index is 0.184. The maximum absolute atomic E-state index is 5.71. The highest BCUT2D eigenvalue weighted by Crippen LogP contribution is 2.29. The average Bonchev–Trinajstić information content (AvgIpc) is 2.68. The van der Waals surface area contributed by atoms with Crippen LogP contribution in [0.25, 0.3) is 0 Å². The summed E-state index contributed by atoms with van der Waals surface area (Å²) < 4.78 is 6.82. The van der Waals surface area contributed by atoms with Gasteiger partial charge < -0.3 is 9.73 Å². The van der Waals surface area contributed by atoms with Crippen molar-refractivity contribution in [3.05, 3.63) is 56.9 Å². The number of hydrogen-bond acceptors (Lipinski definition) is 2. The second kappa shape index (κ2) is 6.59. The first-order chi connectivity index (χ1) is 9.51. The zero-order chi connectivity index (χ0) is 14.7. The molecule has 0 aliphatic carbocycles. The van der Waals surface area contributed by atoms with Crippen molar-refractivity contribution in [1.82, 2.24) is 5.32 Å². The summed E-state index contributed by atoms with van der Waals surface area (Å²) in [6.07, 6.45) is 1.11. The molecule has 2 nitrogen and oxygen atoms in total. The lowest BCUT2D eigenvalue weighted by Crippen LogP contribution is -2.23. The van der Waals surface area contributed by atoms with Crippen molar-refractivity contribution >= 4 is 15.9 Å². The van der Waals surface area contributed by atoms with E-state index in [2.05, 4.69) is 59.4 Å². The Hall–Kier alpha value is -1.06. The monoisotopic (exact) mass is 335 g/mol. The highest BCUT2D eigenvalue weighted by Gasteiger charge is 2.19. The third-order valence-electron chi connectivity index (χ3n) is 3.39. The van der Waals surface area contributed by atoms with Gasteiger partial charge in [-0.3, -0.25) is 0 Å². The van der Waals surface area contributed by atoms with E-state index in [0.29, 0.717) is 0 Å². The van der Waals surface area contributed by atoms with Crippen LogP contribution < -0.4 is 5.32 Å². The molecule has 1 heterocycles. The van der Waals surface area contributed by atoms with Gasteiger partial charge in [-0.15, -0.1) is 0 Å². The summed E-state index contributed by atoms with van der Waals surface area (Å²) in [5, 5.41) is 3.63. The van der Waals surface area contributed by atoms with E-state index in [9.17, 15) is 0 Å². The summed E-state index contributed by atoms with van der Waals surface area (Å²) in [5.41, 5.74) is 3.76. The molecule has 0 fully saturated rings. The van der Waals surface area contributed by atoms with Crippen LogP contribution in [0.1, 0.15) is 47.6 Å². The molecular formula is C17H22BrNO. The summed E-state index contributed by atoms with van der Waals surface area (Å²) in [6, 6.07) is 8.87. The zero-order valence-electron chi connectivity index (χ0n) is 12.6. The van der Waals surface area contributed by atoms with Crippen molar-refractivity contribution in [2.45, 2.75) is 40.2 Å². The van der Waals surface area contributed by atoms with Gasteiger partial charge >= 0.3 is 0 Å². The van der Waals surface area contributed by atoms with Gasteiger partial charge in [-0.2, -0.15) is 0 Å². The van der Waals surface area contributed by atoms with Crippen LogP contribution in [0.15, 0.2) is 33.2 Å². The quantitative estimate of drug-likeness (QED) is 0.826. The van der Waals surface area contributed by atoms with Crippen LogP contribution >= 0.6 is 15.9 Å². The second-order valence-electron chi connectivity index (χ2n) is 5.32. The fourth-order valence-corrected chi connectivity index (χ4v) is 3.19. The molecule has 0 radical (unpaired) electrons. The Labute approximate surface area is 129 Å². The standard InChI is InChI=1S/C17H22BrNO/c1-5-6-19-17(16-9-12(3)20-13(16)4)14-7-11(2)8-15(18)10-14/h7-10,17,19H,5-6H2,1-4H3. The van der Waals surface area contributed by atoms with Gasteiger partial charge in [0, 0.05) is 10.0 Å². The molecule has 0 aliphatic heterocycles. The molecule has 0 bridgehead atoms. The first-order valence-corrected chi connectivity index (χ1v) is 7.88. The Kier molecular flexibility index (Phi) is 5.06. The maximum Gasteiger partial charge on any atom is 0.106 e. The van der Waals surface area contributed by atoms with E-state index in [0.717, 1.165) is 29.0 Å². The van der Waals surface area contributed by atoms with Crippen molar-refractivity contribution in [2.75, 3.05) is 6.54 Å². The summed E-state index contributed by atoms with van der Waals surface area (Å²) >= 11 is 3.59.